The highest BCUT2D eigenvalue weighted by Crippen LogP contribution is 2.17. The van der Waals surface area contributed by atoms with Gasteiger partial charge in [0.2, 0.25) is 5.91 Å². The van der Waals surface area contributed by atoms with Crippen molar-refractivity contribution in [2.75, 3.05) is 31.1 Å². The molecule has 6 heteroatoms. The van der Waals surface area contributed by atoms with Crippen LogP contribution in [0.5, 0.6) is 0 Å². The molecule has 1 saturated heterocycles. The second kappa shape index (κ2) is 7.09. The molecule has 0 atom stereocenters. The molecule has 1 aromatic carbocycles. The Morgan fingerprint density at radius 1 is 1.12 bits per heavy atom. The van der Waals surface area contributed by atoms with Crippen molar-refractivity contribution in [3.05, 3.63) is 53.5 Å². The van der Waals surface area contributed by atoms with Crippen LogP contribution in [0.3, 0.4) is 0 Å². The van der Waals surface area contributed by atoms with Gasteiger partial charge in [-0.15, -0.1) is 0 Å². The predicted molar refractivity (Wildman–Crippen MR) is 90.4 cm³/mol. The number of aryl methyl sites for hydroxylation is 1. The Morgan fingerprint density at radius 2 is 1.79 bits per heavy atom. The third-order valence-electron chi connectivity index (χ3n) is 4.19. The quantitative estimate of drug-likeness (QED) is 0.857. The Bertz CT molecular complexity index is 758. The number of hydrogen-bond acceptors (Lipinski definition) is 5. The van der Waals surface area contributed by atoms with Crippen molar-refractivity contribution in [3.63, 3.8) is 0 Å². The van der Waals surface area contributed by atoms with E-state index in [1.807, 2.05) is 41.0 Å². The van der Waals surface area contributed by atoms with Gasteiger partial charge in [0.15, 0.2) is 11.5 Å². The van der Waals surface area contributed by atoms with Crippen LogP contribution in [0.2, 0.25) is 0 Å². The number of rotatable bonds is 3. The molecule has 6 nitrogen and oxygen atoms in total. The smallest absolute Gasteiger partial charge is 0.227 e. The third-order valence-corrected chi connectivity index (χ3v) is 4.19. The van der Waals surface area contributed by atoms with Crippen LogP contribution in [0.25, 0.3) is 0 Å². The van der Waals surface area contributed by atoms with Crippen molar-refractivity contribution in [3.8, 4) is 6.07 Å². The summed E-state index contributed by atoms with van der Waals surface area (Å²) in [5.74, 6) is 0.740. The summed E-state index contributed by atoms with van der Waals surface area (Å²) in [5, 5.41) is 9.13. The number of hydrogen-bond donors (Lipinski definition) is 0. The van der Waals surface area contributed by atoms with E-state index >= 15 is 0 Å². The summed E-state index contributed by atoms with van der Waals surface area (Å²) in [6, 6.07) is 10.1. The van der Waals surface area contributed by atoms with Crippen LogP contribution in [0.4, 0.5) is 5.82 Å². The van der Waals surface area contributed by atoms with Crippen LogP contribution in [0.1, 0.15) is 16.8 Å². The van der Waals surface area contributed by atoms with Crippen LogP contribution in [0.15, 0.2) is 36.7 Å². The monoisotopic (exact) mass is 321 g/mol. The summed E-state index contributed by atoms with van der Waals surface area (Å²) >= 11 is 0. The van der Waals surface area contributed by atoms with Crippen molar-refractivity contribution in [2.45, 2.75) is 13.3 Å². The number of nitriles is 1. The molecule has 2 heterocycles. The molecular formula is C18H19N5O. The topological polar surface area (TPSA) is 73.1 Å². The molecule has 0 aliphatic carbocycles. The highest BCUT2D eigenvalue weighted by Gasteiger charge is 2.23. The Hall–Kier alpha value is -2.94. The first-order valence-corrected chi connectivity index (χ1v) is 7.97. The fraction of sp³-hybridized carbons (Fsp3) is 0.333. The van der Waals surface area contributed by atoms with Gasteiger partial charge in [0.1, 0.15) is 6.07 Å². The standard InChI is InChI=1S/C18H19N5O/c1-14-2-4-15(5-3-14)12-17(24)22-8-10-23(11-9-22)18-16(13-19)20-6-7-21-18/h2-7H,8-12H2,1H3. The summed E-state index contributed by atoms with van der Waals surface area (Å²) in [6.07, 6.45) is 3.53. The molecule has 1 aromatic heterocycles. The molecule has 0 N–H and O–H groups in total. The minimum absolute atomic E-state index is 0.137. The van der Waals surface area contributed by atoms with Gasteiger partial charge in [-0.3, -0.25) is 4.79 Å². The van der Waals surface area contributed by atoms with Gasteiger partial charge in [-0.2, -0.15) is 5.26 Å². The lowest BCUT2D eigenvalue weighted by Gasteiger charge is -2.35. The van der Waals surface area contributed by atoms with Gasteiger partial charge in [-0.05, 0) is 12.5 Å². The lowest BCUT2D eigenvalue weighted by molar-refractivity contribution is -0.130. The average Bonchev–Trinajstić information content (AvgIpc) is 2.63. The van der Waals surface area contributed by atoms with E-state index < -0.39 is 0 Å². The number of piperazine rings is 1. The third kappa shape index (κ3) is 3.51. The first-order chi connectivity index (χ1) is 11.7. The Labute approximate surface area is 141 Å². The maximum Gasteiger partial charge on any atom is 0.227 e. The number of carbonyl (C=O) groups is 1. The van der Waals surface area contributed by atoms with E-state index in [1.165, 1.54) is 11.8 Å². The summed E-state index contributed by atoms with van der Waals surface area (Å²) < 4.78 is 0. The molecule has 0 spiro atoms. The highest BCUT2D eigenvalue weighted by atomic mass is 16.2. The van der Waals surface area contributed by atoms with Crippen molar-refractivity contribution >= 4 is 11.7 Å². The van der Waals surface area contributed by atoms with E-state index in [4.69, 9.17) is 5.26 Å². The van der Waals surface area contributed by atoms with Crippen LogP contribution in [-0.2, 0) is 11.2 Å². The molecule has 2 aromatic rings. The second-order valence-electron chi connectivity index (χ2n) is 5.87. The molecule has 122 valence electrons. The summed E-state index contributed by atoms with van der Waals surface area (Å²) in [7, 11) is 0. The molecule has 1 fully saturated rings. The van der Waals surface area contributed by atoms with E-state index in [-0.39, 0.29) is 5.91 Å². The Morgan fingerprint density at radius 3 is 2.46 bits per heavy atom. The van der Waals surface area contributed by atoms with Crippen LogP contribution in [0, 0.1) is 18.3 Å². The van der Waals surface area contributed by atoms with E-state index in [0.717, 1.165) is 5.56 Å². The first kappa shape index (κ1) is 15.9. The number of nitrogens with zero attached hydrogens (tertiary/aromatic N) is 5. The summed E-state index contributed by atoms with van der Waals surface area (Å²) in [4.78, 5) is 24.6. The fourth-order valence-electron chi connectivity index (χ4n) is 2.80. The molecule has 0 radical (unpaired) electrons. The van der Waals surface area contributed by atoms with Gasteiger partial charge in [0.05, 0.1) is 6.42 Å². The second-order valence-corrected chi connectivity index (χ2v) is 5.87. The van der Waals surface area contributed by atoms with Crippen molar-refractivity contribution in [2.24, 2.45) is 0 Å². The van der Waals surface area contributed by atoms with Gasteiger partial charge in [-0.25, -0.2) is 9.97 Å². The number of carbonyl (C=O) groups excluding carboxylic acids is 1. The Balaban J connectivity index is 1.59. The zero-order valence-electron chi connectivity index (χ0n) is 13.6. The number of benzene rings is 1. The van der Waals surface area contributed by atoms with Gasteiger partial charge in [0, 0.05) is 38.6 Å². The van der Waals surface area contributed by atoms with Gasteiger partial charge >= 0.3 is 0 Å². The van der Waals surface area contributed by atoms with Crippen LogP contribution >= 0.6 is 0 Å². The highest BCUT2D eigenvalue weighted by molar-refractivity contribution is 5.79. The maximum absolute atomic E-state index is 12.4. The lowest BCUT2D eigenvalue weighted by atomic mass is 10.1. The minimum atomic E-state index is 0.137. The van der Waals surface area contributed by atoms with Gasteiger partial charge in [0.25, 0.3) is 0 Å². The zero-order valence-corrected chi connectivity index (χ0v) is 13.6. The average molecular weight is 321 g/mol. The Kier molecular flexibility index (Phi) is 4.71. The van der Waals surface area contributed by atoms with Gasteiger partial charge < -0.3 is 9.80 Å². The van der Waals surface area contributed by atoms with Gasteiger partial charge in [-0.1, -0.05) is 29.8 Å². The van der Waals surface area contributed by atoms with Crippen molar-refractivity contribution in [1.29, 1.82) is 5.26 Å². The van der Waals surface area contributed by atoms with E-state index in [2.05, 4.69) is 16.0 Å². The summed E-state index contributed by atoms with van der Waals surface area (Å²) in [5.41, 5.74) is 2.56. The van der Waals surface area contributed by atoms with Crippen molar-refractivity contribution < 1.29 is 4.79 Å². The molecule has 1 amide bonds. The van der Waals surface area contributed by atoms with E-state index in [1.54, 1.807) is 6.20 Å². The largest absolute Gasteiger partial charge is 0.351 e. The molecule has 0 saturated carbocycles. The molecule has 1 aliphatic heterocycles. The lowest BCUT2D eigenvalue weighted by Crippen LogP contribution is -2.49. The molecule has 0 unspecified atom stereocenters. The summed E-state index contributed by atoms with van der Waals surface area (Å²) in [6.45, 7) is 4.62. The molecule has 3 rings (SSSR count). The first-order valence-electron chi connectivity index (χ1n) is 7.97. The maximum atomic E-state index is 12.4. The van der Waals surface area contributed by atoms with Crippen LogP contribution in [-0.4, -0.2) is 47.0 Å². The van der Waals surface area contributed by atoms with Crippen LogP contribution < -0.4 is 4.90 Å². The number of aromatic nitrogens is 2. The SMILES string of the molecule is Cc1ccc(CC(=O)N2CCN(c3nccnc3C#N)CC2)cc1. The molecule has 0 bridgehead atoms. The fourth-order valence-corrected chi connectivity index (χ4v) is 2.80. The van der Waals surface area contributed by atoms with E-state index in [9.17, 15) is 4.79 Å². The predicted octanol–water partition coefficient (Wildman–Crippen LogP) is 1.55. The van der Waals surface area contributed by atoms with E-state index in [0.29, 0.717) is 44.1 Å². The zero-order chi connectivity index (χ0) is 16.9. The molecule has 1 aliphatic rings. The number of anilines is 1. The molecule has 24 heavy (non-hydrogen) atoms. The number of amides is 1. The van der Waals surface area contributed by atoms with Crippen molar-refractivity contribution in [1.82, 2.24) is 14.9 Å². The normalized spacial score (nSPS) is 14.3. The minimum Gasteiger partial charge on any atom is -0.351 e. The molecular weight excluding hydrogens is 302 g/mol.